The van der Waals surface area contributed by atoms with Gasteiger partial charge in [0.25, 0.3) is 0 Å². The molecule has 5 heteroatoms. The number of hydrogen-bond donors (Lipinski definition) is 2. The Morgan fingerprint density at radius 1 is 1.69 bits per heavy atom. The minimum Gasteiger partial charge on any atom is -0.320 e. The summed E-state index contributed by atoms with van der Waals surface area (Å²) in [4.78, 5) is 14.5. The van der Waals surface area contributed by atoms with Gasteiger partial charge in [-0.15, -0.1) is 0 Å². The minimum absolute atomic E-state index is 0.169. The van der Waals surface area contributed by atoms with E-state index in [-0.39, 0.29) is 5.82 Å². The van der Waals surface area contributed by atoms with Gasteiger partial charge in [0, 0.05) is 0 Å². The van der Waals surface area contributed by atoms with Crippen LogP contribution in [0.4, 0.5) is 10.2 Å². The molecule has 0 aliphatic heterocycles. The molecule has 1 rings (SSSR count). The molecular weight excluding hydrogens is 173 g/mol. The molecule has 70 valence electrons. The van der Waals surface area contributed by atoms with Crippen LogP contribution >= 0.6 is 0 Å². The van der Waals surface area contributed by atoms with E-state index < -0.39 is 17.9 Å². The molecule has 0 saturated heterocycles. The van der Waals surface area contributed by atoms with E-state index in [2.05, 4.69) is 10.3 Å². The zero-order valence-electron chi connectivity index (χ0n) is 7.12. The summed E-state index contributed by atoms with van der Waals surface area (Å²) in [5.41, 5.74) is 5.29. The molecule has 0 bridgehead atoms. The van der Waals surface area contributed by atoms with Crippen LogP contribution < -0.4 is 11.1 Å². The molecule has 0 fully saturated rings. The summed E-state index contributed by atoms with van der Waals surface area (Å²) < 4.78 is 12.5. The molecule has 3 N–H and O–H groups in total. The summed E-state index contributed by atoms with van der Waals surface area (Å²) in [7, 11) is 0. The van der Waals surface area contributed by atoms with E-state index in [1.54, 1.807) is 0 Å². The van der Waals surface area contributed by atoms with E-state index in [0.717, 1.165) is 0 Å². The highest BCUT2D eigenvalue weighted by molar-refractivity contribution is 5.93. The SMILES string of the molecule is C[C@@H](N)C(=O)Nc1cccc(F)n1. The Hall–Kier alpha value is -1.49. The van der Waals surface area contributed by atoms with Gasteiger partial charge >= 0.3 is 0 Å². The maximum absolute atomic E-state index is 12.5. The zero-order chi connectivity index (χ0) is 9.84. The predicted molar refractivity (Wildman–Crippen MR) is 46.5 cm³/mol. The van der Waals surface area contributed by atoms with Crippen LogP contribution in [0.25, 0.3) is 0 Å². The summed E-state index contributed by atoms with van der Waals surface area (Å²) >= 11 is 0. The number of anilines is 1. The fraction of sp³-hybridized carbons (Fsp3) is 0.250. The van der Waals surface area contributed by atoms with Crippen LogP contribution in [0.1, 0.15) is 6.92 Å². The van der Waals surface area contributed by atoms with E-state index in [4.69, 9.17) is 5.73 Å². The Bertz CT molecular complexity index is 314. The summed E-state index contributed by atoms with van der Waals surface area (Å²) in [6.07, 6.45) is 0. The second-order valence-corrected chi connectivity index (χ2v) is 2.62. The first-order valence-electron chi connectivity index (χ1n) is 3.78. The van der Waals surface area contributed by atoms with Crippen LogP contribution in [0, 0.1) is 5.95 Å². The lowest BCUT2D eigenvalue weighted by atomic mass is 10.3. The number of aromatic nitrogens is 1. The lowest BCUT2D eigenvalue weighted by Gasteiger charge is -2.05. The second kappa shape index (κ2) is 3.95. The third-order valence-corrected chi connectivity index (χ3v) is 1.38. The first-order valence-corrected chi connectivity index (χ1v) is 3.78. The van der Waals surface area contributed by atoms with Crippen molar-refractivity contribution in [1.82, 2.24) is 4.98 Å². The number of nitrogens with zero attached hydrogens (tertiary/aromatic N) is 1. The van der Waals surface area contributed by atoms with Gasteiger partial charge in [0.2, 0.25) is 11.9 Å². The van der Waals surface area contributed by atoms with E-state index in [0.29, 0.717) is 0 Å². The van der Waals surface area contributed by atoms with E-state index >= 15 is 0 Å². The van der Waals surface area contributed by atoms with Crippen LogP contribution in [0.2, 0.25) is 0 Å². The quantitative estimate of drug-likeness (QED) is 0.656. The number of carbonyl (C=O) groups excluding carboxylic acids is 1. The molecule has 1 aromatic heterocycles. The third-order valence-electron chi connectivity index (χ3n) is 1.38. The number of halogens is 1. The smallest absolute Gasteiger partial charge is 0.242 e. The van der Waals surface area contributed by atoms with Gasteiger partial charge in [-0.3, -0.25) is 4.79 Å². The Morgan fingerprint density at radius 2 is 2.38 bits per heavy atom. The van der Waals surface area contributed by atoms with Gasteiger partial charge in [0.15, 0.2) is 0 Å². The summed E-state index contributed by atoms with van der Waals surface area (Å²) in [5.74, 6) is -0.858. The molecule has 0 saturated carbocycles. The van der Waals surface area contributed by atoms with E-state index in [1.807, 2.05) is 0 Å². The standard InChI is InChI=1S/C8H10FN3O/c1-5(10)8(13)12-7-4-2-3-6(9)11-7/h2-5H,10H2,1H3,(H,11,12,13)/t5-/m1/s1. The van der Waals surface area contributed by atoms with E-state index in [9.17, 15) is 9.18 Å². The van der Waals surface area contributed by atoms with Crippen molar-refractivity contribution in [2.24, 2.45) is 5.73 Å². The van der Waals surface area contributed by atoms with Crippen LogP contribution in [-0.2, 0) is 4.79 Å². The molecule has 0 unspecified atom stereocenters. The number of pyridine rings is 1. The van der Waals surface area contributed by atoms with Crippen molar-refractivity contribution in [2.75, 3.05) is 5.32 Å². The summed E-state index contributed by atoms with van der Waals surface area (Å²) in [6.45, 7) is 1.54. The number of nitrogens with one attached hydrogen (secondary N) is 1. The largest absolute Gasteiger partial charge is 0.320 e. The van der Waals surface area contributed by atoms with Gasteiger partial charge in [-0.1, -0.05) is 6.07 Å². The number of amides is 1. The molecule has 1 atom stereocenters. The van der Waals surface area contributed by atoms with Crippen molar-refractivity contribution in [3.05, 3.63) is 24.1 Å². The molecule has 0 aliphatic rings. The second-order valence-electron chi connectivity index (χ2n) is 2.62. The number of nitrogens with two attached hydrogens (primary N) is 1. The predicted octanol–water partition coefficient (Wildman–Crippen LogP) is 0.506. The highest BCUT2D eigenvalue weighted by Crippen LogP contribution is 2.03. The van der Waals surface area contributed by atoms with Crippen molar-refractivity contribution in [3.63, 3.8) is 0 Å². The molecular formula is C8H10FN3O. The van der Waals surface area contributed by atoms with Crippen LogP contribution in [0.5, 0.6) is 0 Å². The molecule has 0 aromatic carbocycles. The average Bonchev–Trinajstić information content (AvgIpc) is 2.04. The summed E-state index contributed by atoms with van der Waals surface area (Å²) in [6, 6.07) is 3.51. The highest BCUT2D eigenvalue weighted by Gasteiger charge is 2.07. The van der Waals surface area contributed by atoms with Gasteiger partial charge < -0.3 is 11.1 Å². The number of hydrogen-bond acceptors (Lipinski definition) is 3. The van der Waals surface area contributed by atoms with Gasteiger partial charge in [0.05, 0.1) is 6.04 Å². The maximum atomic E-state index is 12.5. The van der Waals surface area contributed by atoms with Crippen LogP contribution in [0.15, 0.2) is 18.2 Å². The maximum Gasteiger partial charge on any atom is 0.242 e. The fourth-order valence-corrected chi connectivity index (χ4v) is 0.718. The van der Waals surface area contributed by atoms with Crippen LogP contribution in [0.3, 0.4) is 0 Å². The molecule has 1 heterocycles. The first-order chi connectivity index (χ1) is 6.09. The Labute approximate surface area is 75.0 Å². The lowest BCUT2D eigenvalue weighted by Crippen LogP contribution is -2.32. The number of rotatable bonds is 2. The average molecular weight is 183 g/mol. The van der Waals surface area contributed by atoms with Gasteiger partial charge in [0.1, 0.15) is 5.82 Å². The lowest BCUT2D eigenvalue weighted by molar-refractivity contribution is -0.117. The molecule has 1 aromatic rings. The topological polar surface area (TPSA) is 68.0 Å². The fourth-order valence-electron chi connectivity index (χ4n) is 0.718. The monoisotopic (exact) mass is 183 g/mol. The molecule has 4 nitrogen and oxygen atoms in total. The van der Waals surface area contributed by atoms with Crippen molar-refractivity contribution >= 4 is 11.7 Å². The third kappa shape index (κ3) is 2.79. The molecule has 13 heavy (non-hydrogen) atoms. The molecule has 1 amide bonds. The van der Waals surface area contributed by atoms with Crippen molar-refractivity contribution in [2.45, 2.75) is 13.0 Å². The highest BCUT2D eigenvalue weighted by atomic mass is 19.1. The summed E-state index contributed by atoms with van der Waals surface area (Å²) in [5, 5.41) is 2.37. The van der Waals surface area contributed by atoms with Gasteiger partial charge in [-0.25, -0.2) is 4.98 Å². The zero-order valence-corrected chi connectivity index (χ0v) is 7.12. The minimum atomic E-state index is -0.637. The Morgan fingerprint density at radius 3 is 2.92 bits per heavy atom. The van der Waals surface area contributed by atoms with Gasteiger partial charge in [-0.05, 0) is 19.1 Å². The van der Waals surface area contributed by atoms with Crippen molar-refractivity contribution < 1.29 is 9.18 Å². The van der Waals surface area contributed by atoms with Crippen molar-refractivity contribution in [1.29, 1.82) is 0 Å². The normalized spacial score (nSPS) is 12.2. The van der Waals surface area contributed by atoms with E-state index in [1.165, 1.54) is 25.1 Å². The Balaban J connectivity index is 2.69. The number of carbonyl (C=O) groups is 1. The molecule has 0 aliphatic carbocycles. The first kappa shape index (κ1) is 9.60. The molecule has 0 radical (unpaired) electrons. The molecule has 0 spiro atoms. The van der Waals surface area contributed by atoms with Crippen molar-refractivity contribution in [3.8, 4) is 0 Å². The Kier molecular flexibility index (Phi) is 2.92. The van der Waals surface area contributed by atoms with Crippen LogP contribution in [-0.4, -0.2) is 16.9 Å². The van der Waals surface area contributed by atoms with Gasteiger partial charge in [-0.2, -0.15) is 4.39 Å².